The number of para-hydroxylation sites is 1. The van der Waals surface area contributed by atoms with Gasteiger partial charge < -0.3 is 9.47 Å². The number of benzene rings is 3. The third kappa shape index (κ3) is 5.78. The largest absolute Gasteiger partial charge is 0.489 e. The Morgan fingerprint density at radius 1 is 1.10 bits per heavy atom. The number of rotatable bonds is 9. The van der Waals surface area contributed by atoms with Crippen molar-refractivity contribution in [2.45, 2.75) is 19.6 Å². The lowest BCUT2D eigenvalue weighted by Gasteiger charge is -2.24. The minimum absolute atomic E-state index is 0.00328. The highest BCUT2D eigenvalue weighted by Crippen LogP contribution is 2.32. The van der Waals surface area contributed by atoms with E-state index in [1.165, 1.54) is 22.8 Å². The number of aromatic nitrogens is 1. The number of carbonyl (C=O) groups is 1. The molecule has 1 unspecified atom stereocenters. The number of nitrogens with zero attached hydrogens (tertiary/aromatic N) is 3. The van der Waals surface area contributed by atoms with Gasteiger partial charge in [0.25, 0.3) is 11.2 Å². The zero-order valence-corrected chi connectivity index (χ0v) is 22.9. The van der Waals surface area contributed by atoms with Crippen LogP contribution in [0.25, 0.3) is 6.08 Å². The van der Waals surface area contributed by atoms with Crippen molar-refractivity contribution in [3.63, 3.8) is 0 Å². The average molecular weight is 568 g/mol. The van der Waals surface area contributed by atoms with Crippen molar-refractivity contribution in [3.05, 3.63) is 149 Å². The van der Waals surface area contributed by atoms with Gasteiger partial charge in [-0.15, -0.1) is 0 Å². The molecule has 0 saturated heterocycles. The van der Waals surface area contributed by atoms with Crippen molar-refractivity contribution in [1.82, 2.24) is 4.57 Å². The van der Waals surface area contributed by atoms with E-state index >= 15 is 0 Å². The molecular weight excluding hydrogens is 542 g/mol. The minimum Gasteiger partial charge on any atom is -0.489 e. The standard InChI is InChI=1S/C31H25N3O6S/c1-3-17-39-30(36)27-20(2)32-31-33(29(35)26(41-31)18-23-11-7-8-12-25(23)34(37)38)28(27)22-13-15-24(16-14-22)40-19-21-9-5-4-6-10-21/h3-16,18,28H,1,17,19H2,2H3/b26-18-. The monoisotopic (exact) mass is 567 g/mol. The quantitative estimate of drug-likeness (QED) is 0.128. The molecule has 9 nitrogen and oxygen atoms in total. The van der Waals surface area contributed by atoms with Crippen molar-refractivity contribution < 1.29 is 19.2 Å². The second-order valence-electron chi connectivity index (χ2n) is 9.13. The lowest BCUT2D eigenvalue weighted by Crippen LogP contribution is -2.39. The molecule has 3 aromatic carbocycles. The van der Waals surface area contributed by atoms with Crippen LogP contribution in [0.4, 0.5) is 5.69 Å². The van der Waals surface area contributed by atoms with Gasteiger partial charge in [-0.2, -0.15) is 0 Å². The number of hydrogen-bond donors (Lipinski definition) is 0. The molecule has 206 valence electrons. The Morgan fingerprint density at radius 3 is 2.51 bits per heavy atom. The first-order valence-electron chi connectivity index (χ1n) is 12.7. The lowest BCUT2D eigenvalue weighted by molar-refractivity contribution is -0.385. The fourth-order valence-corrected chi connectivity index (χ4v) is 5.55. The predicted molar refractivity (Wildman–Crippen MR) is 155 cm³/mol. The number of nitro groups is 1. The topological polar surface area (TPSA) is 113 Å². The normalized spacial score (nSPS) is 14.7. The molecule has 0 amide bonds. The van der Waals surface area contributed by atoms with Gasteiger partial charge in [-0.05, 0) is 42.3 Å². The number of esters is 1. The van der Waals surface area contributed by atoms with Gasteiger partial charge in [0.05, 0.1) is 32.3 Å². The summed E-state index contributed by atoms with van der Waals surface area (Å²) in [6, 6.07) is 22.3. The first-order valence-corrected chi connectivity index (χ1v) is 13.5. The summed E-state index contributed by atoms with van der Waals surface area (Å²) < 4.78 is 13.0. The van der Waals surface area contributed by atoms with Crippen LogP contribution < -0.4 is 19.6 Å². The average Bonchev–Trinajstić information content (AvgIpc) is 3.29. The van der Waals surface area contributed by atoms with Gasteiger partial charge in [0, 0.05) is 6.07 Å². The van der Waals surface area contributed by atoms with Gasteiger partial charge in [0.15, 0.2) is 4.80 Å². The molecule has 0 bridgehead atoms. The van der Waals surface area contributed by atoms with E-state index in [9.17, 15) is 19.7 Å². The molecule has 10 heteroatoms. The fourth-order valence-electron chi connectivity index (χ4n) is 4.51. The minimum atomic E-state index is -0.834. The maximum absolute atomic E-state index is 13.8. The number of hydrogen-bond acceptors (Lipinski definition) is 8. The molecule has 0 fully saturated rings. The lowest BCUT2D eigenvalue weighted by atomic mass is 9.96. The van der Waals surface area contributed by atoms with E-state index in [1.807, 2.05) is 30.3 Å². The SMILES string of the molecule is C=CCOC(=O)C1=C(C)N=c2s/c(=C\c3ccccc3[N+](=O)[O-])c(=O)n2C1c1ccc(OCc2ccccc2)cc1. The Bertz CT molecular complexity index is 1840. The summed E-state index contributed by atoms with van der Waals surface area (Å²) in [5.74, 6) is 0.00594. The molecule has 5 rings (SSSR count). The summed E-state index contributed by atoms with van der Waals surface area (Å²) in [6.07, 6.45) is 2.94. The van der Waals surface area contributed by atoms with Gasteiger partial charge >= 0.3 is 5.97 Å². The third-order valence-corrected chi connectivity index (χ3v) is 7.42. The zero-order chi connectivity index (χ0) is 28.9. The number of thiazole rings is 1. The van der Waals surface area contributed by atoms with Crippen LogP contribution in [0.2, 0.25) is 0 Å². The molecule has 0 aliphatic carbocycles. The van der Waals surface area contributed by atoms with Crippen LogP contribution in [0.15, 0.2) is 113 Å². The highest BCUT2D eigenvalue weighted by molar-refractivity contribution is 7.07. The van der Waals surface area contributed by atoms with E-state index in [4.69, 9.17) is 9.47 Å². The van der Waals surface area contributed by atoms with E-state index in [1.54, 1.807) is 49.4 Å². The molecule has 1 aromatic heterocycles. The van der Waals surface area contributed by atoms with Crippen LogP contribution in [0.1, 0.15) is 29.7 Å². The molecule has 1 aliphatic heterocycles. The van der Waals surface area contributed by atoms with Crippen LogP contribution in [0, 0.1) is 10.1 Å². The van der Waals surface area contributed by atoms with Crippen LogP contribution in [-0.2, 0) is 16.1 Å². The van der Waals surface area contributed by atoms with Crippen molar-refractivity contribution in [3.8, 4) is 5.75 Å². The van der Waals surface area contributed by atoms with Crippen molar-refractivity contribution >= 4 is 29.1 Å². The second kappa shape index (κ2) is 12.0. The van der Waals surface area contributed by atoms with Gasteiger partial charge in [-0.1, -0.05) is 78.6 Å². The van der Waals surface area contributed by atoms with Crippen molar-refractivity contribution in [2.75, 3.05) is 6.61 Å². The molecule has 2 heterocycles. The second-order valence-corrected chi connectivity index (χ2v) is 10.1. The Hall–Kier alpha value is -5.09. The van der Waals surface area contributed by atoms with Crippen LogP contribution >= 0.6 is 11.3 Å². The maximum atomic E-state index is 13.8. The molecular formula is C31H25N3O6S. The van der Waals surface area contributed by atoms with Gasteiger partial charge in [-0.25, -0.2) is 9.79 Å². The molecule has 0 radical (unpaired) electrons. The summed E-state index contributed by atoms with van der Waals surface area (Å²) in [5, 5.41) is 11.5. The first kappa shape index (κ1) is 27.5. The maximum Gasteiger partial charge on any atom is 0.338 e. The third-order valence-electron chi connectivity index (χ3n) is 6.44. The highest BCUT2D eigenvalue weighted by Gasteiger charge is 2.33. The number of allylic oxidation sites excluding steroid dienone is 1. The Kier molecular flexibility index (Phi) is 8.02. The smallest absolute Gasteiger partial charge is 0.338 e. The molecule has 41 heavy (non-hydrogen) atoms. The molecule has 1 aliphatic rings. The summed E-state index contributed by atoms with van der Waals surface area (Å²) in [5.41, 5.74) is 2.04. The summed E-state index contributed by atoms with van der Waals surface area (Å²) in [4.78, 5) is 43.0. The Morgan fingerprint density at radius 2 is 1.80 bits per heavy atom. The fraction of sp³-hybridized carbons (Fsp3) is 0.129. The number of carbonyl (C=O) groups excluding carboxylic acids is 1. The highest BCUT2D eigenvalue weighted by atomic mass is 32.1. The zero-order valence-electron chi connectivity index (χ0n) is 22.1. The van der Waals surface area contributed by atoms with E-state index in [2.05, 4.69) is 11.6 Å². The van der Waals surface area contributed by atoms with E-state index in [0.29, 0.717) is 34.0 Å². The molecule has 0 spiro atoms. The van der Waals surface area contributed by atoms with E-state index < -0.39 is 22.5 Å². The molecule has 1 atom stereocenters. The van der Waals surface area contributed by atoms with Gasteiger partial charge in [0.1, 0.15) is 19.0 Å². The Balaban J connectivity index is 1.59. The number of nitro benzene ring substituents is 1. The molecule has 0 saturated carbocycles. The van der Waals surface area contributed by atoms with Crippen molar-refractivity contribution in [1.29, 1.82) is 0 Å². The number of ether oxygens (including phenoxy) is 2. The van der Waals surface area contributed by atoms with E-state index in [-0.39, 0.29) is 22.4 Å². The predicted octanol–water partition coefficient (Wildman–Crippen LogP) is 4.45. The molecule has 4 aromatic rings. The van der Waals surface area contributed by atoms with Crippen molar-refractivity contribution in [2.24, 2.45) is 4.99 Å². The van der Waals surface area contributed by atoms with Gasteiger partial charge in [-0.3, -0.25) is 19.5 Å². The summed E-state index contributed by atoms with van der Waals surface area (Å²) in [7, 11) is 0. The summed E-state index contributed by atoms with van der Waals surface area (Å²) >= 11 is 1.10. The number of fused-ring (bicyclic) bond motifs is 1. The summed E-state index contributed by atoms with van der Waals surface area (Å²) in [6.45, 7) is 5.67. The van der Waals surface area contributed by atoms with Crippen LogP contribution in [-0.4, -0.2) is 22.1 Å². The van der Waals surface area contributed by atoms with E-state index in [0.717, 1.165) is 16.9 Å². The Labute approximate surface area is 238 Å². The van der Waals surface area contributed by atoms with Crippen LogP contribution in [0.5, 0.6) is 5.75 Å². The van der Waals surface area contributed by atoms with Gasteiger partial charge in [0.2, 0.25) is 0 Å². The van der Waals surface area contributed by atoms with Crippen LogP contribution in [0.3, 0.4) is 0 Å². The molecule has 0 N–H and O–H groups in total. The first-order chi connectivity index (χ1) is 19.9.